The predicted octanol–water partition coefficient (Wildman–Crippen LogP) is 3.11. The lowest BCUT2D eigenvalue weighted by molar-refractivity contribution is 0.628. The topological polar surface area (TPSA) is 45.8 Å². The third-order valence-electron chi connectivity index (χ3n) is 2.94. The zero-order chi connectivity index (χ0) is 12.7. The lowest BCUT2D eigenvalue weighted by atomic mass is 10.1. The monoisotopic (exact) mass is 264 g/mol. The van der Waals surface area contributed by atoms with Gasteiger partial charge in [-0.2, -0.15) is 0 Å². The lowest BCUT2D eigenvalue weighted by Gasteiger charge is -2.04. The number of nitrogens with zero attached hydrogens (tertiary/aromatic N) is 1. The van der Waals surface area contributed by atoms with Crippen LogP contribution in [0, 0.1) is 5.82 Å². The molecule has 1 aliphatic carbocycles. The second kappa shape index (κ2) is 4.21. The van der Waals surface area contributed by atoms with Crippen molar-refractivity contribution in [3.8, 4) is 11.3 Å². The summed E-state index contributed by atoms with van der Waals surface area (Å²) >= 11 is 5.73. The Morgan fingerprint density at radius 3 is 2.78 bits per heavy atom. The Morgan fingerprint density at radius 2 is 2.11 bits per heavy atom. The number of H-pyrrole nitrogens is 1. The highest BCUT2D eigenvalue weighted by atomic mass is 35.5. The molecule has 2 aromatic rings. The van der Waals surface area contributed by atoms with Crippen LogP contribution in [0.3, 0.4) is 0 Å². The fourth-order valence-corrected chi connectivity index (χ4v) is 2.01. The number of nitrogens with one attached hydrogen (secondary N) is 1. The predicted molar refractivity (Wildman–Crippen MR) is 67.2 cm³/mol. The summed E-state index contributed by atoms with van der Waals surface area (Å²) in [6.45, 7) is 0. The fourth-order valence-electron chi connectivity index (χ4n) is 1.83. The van der Waals surface area contributed by atoms with E-state index in [-0.39, 0.29) is 10.6 Å². The zero-order valence-electron chi connectivity index (χ0n) is 9.41. The van der Waals surface area contributed by atoms with Crippen LogP contribution in [0.4, 0.5) is 4.39 Å². The van der Waals surface area contributed by atoms with Gasteiger partial charge in [-0.05, 0) is 31.0 Å². The second-order valence-electron chi connectivity index (χ2n) is 4.42. The van der Waals surface area contributed by atoms with Crippen LogP contribution in [0.1, 0.15) is 24.6 Å². The molecule has 1 aromatic heterocycles. The molecule has 0 saturated heterocycles. The Morgan fingerprint density at radius 1 is 1.33 bits per heavy atom. The molecule has 1 aliphatic rings. The van der Waals surface area contributed by atoms with Crippen molar-refractivity contribution in [1.82, 2.24) is 9.97 Å². The van der Waals surface area contributed by atoms with Gasteiger partial charge in [0.15, 0.2) is 0 Å². The number of hydrogen-bond donors (Lipinski definition) is 1. The molecular weight excluding hydrogens is 255 g/mol. The second-order valence-corrected chi connectivity index (χ2v) is 4.83. The van der Waals surface area contributed by atoms with Gasteiger partial charge in [0.25, 0.3) is 5.56 Å². The van der Waals surface area contributed by atoms with Crippen LogP contribution >= 0.6 is 11.6 Å². The summed E-state index contributed by atoms with van der Waals surface area (Å²) in [6, 6.07) is 5.72. The summed E-state index contributed by atoms with van der Waals surface area (Å²) in [5.41, 5.74) is 0.985. The van der Waals surface area contributed by atoms with Gasteiger partial charge < -0.3 is 4.98 Å². The molecule has 1 heterocycles. The number of halogens is 2. The van der Waals surface area contributed by atoms with Crippen molar-refractivity contribution in [2.45, 2.75) is 18.8 Å². The smallest absolute Gasteiger partial charge is 0.251 e. The van der Waals surface area contributed by atoms with Gasteiger partial charge in [0.2, 0.25) is 0 Å². The largest absolute Gasteiger partial charge is 0.310 e. The minimum atomic E-state index is -0.479. The van der Waals surface area contributed by atoms with Gasteiger partial charge in [0.05, 0.1) is 10.7 Å². The van der Waals surface area contributed by atoms with E-state index >= 15 is 0 Å². The first-order valence-corrected chi connectivity index (χ1v) is 6.08. The summed E-state index contributed by atoms with van der Waals surface area (Å²) in [5, 5.41) is 0.0301. The molecular formula is C13H10ClFN2O. The molecule has 92 valence electrons. The van der Waals surface area contributed by atoms with E-state index in [0.717, 1.165) is 12.8 Å². The van der Waals surface area contributed by atoms with Gasteiger partial charge >= 0.3 is 0 Å². The molecule has 0 bridgehead atoms. The van der Waals surface area contributed by atoms with Gasteiger partial charge in [-0.3, -0.25) is 4.79 Å². The van der Waals surface area contributed by atoms with Crippen molar-refractivity contribution in [3.05, 3.63) is 51.3 Å². The standard InChI is InChI=1S/C13H10ClFN2O/c14-9-5-8(3-4-10(9)15)11-6-12(18)17-13(16-11)7-1-2-7/h3-7H,1-2H2,(H,16,17,18). The summed E-state index contributed by atoms with van der Waals surface area (Å²) in [5.74, 6) is 0.583. The SMILES string of the molecule is O=c1cc(-c2ccc(F)c(Cl)c2)nc(C2CC2)[nH]1. The average molecular weight is 265 g/mol. The van der Waals surface area contributed by atoms with Gasteiger partial charge in [-0.15, -0.1) is 0 Å². The molecule has 3 nitrogen and oxygen atoms in total. The number of aromatic nitrogens is 2. The first-order chi connectivity index (χ1) is 8.63. The molecule has 0 aliphatic heterocycles. The van der Waals surface area contributed by atoms with E-state index in [1.807, 2.05) is 0 Å². The van der Waals surface area contributed by atoms with Gasteiger partial charge in [0, 0.05) is 17.5 Å². The minimum Gasteiger partial charge on any atom is -0.310 e. The number of aromatic amines is 1. The molecule has 0 radical (unpaired) electrons. The molecule has 18 heavy (non-hydrogen) atoms. The van der Waals surface area contributed by atoms with E-state index in [9.17, 15) is 9.18 Å². The first kappa shape index (κ1) is 11.4. The Labute approximate surface area is 108 Å². The Bertz CT molecular complexity index is 664. The molecule has 1 fully saturated rings. The third-order valence-corrected chi connectivity index (χ3v) is 3.23. The molecule has 0 unspecified atom stereocenters. The normalized spacial score (nSPS) is 14.8. The summed E-state index contributed by atoms with van der Waals surface area (Å²) in [7, 11) is 0. The maximum Gasteiger partial charge on any atom is 0.251 e. The van der Waals surface area contributed by atoms with Crippen molar-refractivity contribution in [1.29, 1.82) is 0 Å². The van der Waals surface area contributed by atoms with Crippen LogP contribution in [0.2, 0.25) is 5.02 Å². The highest BCUT2D eigenvalue weighted by Gasteiger charge is 2.26. The van der Waals surface area contributed by atoms with E-state index in [1.54, 1.807) is 6.07 Å². The van der Waals surface area contributed by atoms with Crippen LogP contribution in [-0.4, -0.2) is 9.97 Å². The maximum absolute atomic E-state index is 13.1. The average Bonchev–Trinajstić information content (AvgIpc) is 3.16. The molecule has 5 heteroatoms. The lowest BCUT2D eigenvalue weighted by Crippen LogP contribution is -2.10. The number of rotatable bonds is 2. The molecule has 1 aromatic carbocycles. The van der Waals surface area contributed by atoms with Crippen molar-refractivity contribution in [3.63, 3.8) is 0 Å². The first-order valence-electron chi connectivity index (χ1n) is 5.70. The van der Waals surface area contributed by atoms with E-state index in [0.29, 0.717) is 23.0 Å². The third kappa shape index (κ3) is 2.16. The highest BCUT2D eigenvalue weighted by Crippen LogP contribution is 2.38. The summed E-state index contributed by atoms with van der Waals surface area (Å²) in [4.78, 5) is 18.7. The molecule has 3 rings (SSSR count). The fraction of sp³-hybridized carbons (Fsp3) is 0.231. The Kier molecular flexibility index (Phi) is 2.67. The molecule has 0 amide bonds. The van der Waals surface area contributed by atoms with E-state index in [2.05, 4.69) is 9.97 Å². The Hall–Kier alpha value is -1.68. The van der Waals surface area contributed by atoms with Crippen LogP contribution in [-0.2, 0) is 0 Å². The molecule has 0 spiro atoms. The Balaban J connectivity index is 2.09. The number of hydrogen-bond acceptors (Lipinski definition) is 2. The minimum absolute atomic E-state index is 0.0301. The van der Waals surface area contributed by atoms with Crippen LogP contribution in [0.5, 0.6) is 0 Å². The molecule has 1 N–H and O–H groups in total. The maximum atomic E-state index is 13.1. The van der Waals surface area contributed by atoms with Crippen LogP contribution in [0.15, 0.2) is 29.1 Å². The summed E-state index contributed by atoms with van der Waals surface area (Å²) in [6.07, 6.45) is 2.10. The van der Waals surface area contributed by atoms with Crippen molar-refractivity contribution < 1.29 is 4.39 Å². The number of benzene rings is 1. The van der Waals surface area contributed by atoms with Crippen molar-refractivity contribution in [2.24, 2.45) is 0 Å². The van der Waals surface area contributed by atoms with Gasteiger partial charge in [-0.1, -0.05) is 11.6 Å². The zero-order valence-corrected chi connectivity index (χ0v) is 10.2. The van der Waals surface area contributed by atoms with Gasteiger partial charge in [0.1, 0.15) is 11.6 Å². The highest BCUT2D eigenvalue weighted by molar-refractivity contribution is 6.31. The van der Waals surface area contributed by atoms with Crippen LogP contribution < -0.4 is 5.56 Å². The van der Waals surface area contributed by atoms with E-state index in [4.69, 9.17) is 11.6 Å². The van der Waals surface area contributed by atoms with Crippen molar-refractivity contribution in [2.75, 3.05) is 0 Å². The van der Waals surface area contributed by atoms with Crippen LogP contribution in [0.25, 0.3) is 11.3 Å². The van der Waals surface area contributed by atoms with E-state index in [1.165, 1.54) is 18.2 Å². The van der Waals surface area contributed by atoms with Crippen molar-refractivity contribution >= 4 is 11.6 Å². The van der Waals surface area contributed by atoms with E-state index < -0.39 is 5.82 Å². The van der Waals surface area contributed by atoms with Gasteiger partial charge in [-0.25, -0.2) is 9.37 Å². The quantitative estimate of drug-likeness (QED) is 0.906. The molecule has 1 saturated carbocycles. The molecule has 0 atom stereocenters. The summed E-state index contributed by atoms with van der Waals surface area (Å²) < 4.78 is 13.1.